The third kappa shape index (κ3) is 5.48. The first-order chi connectivity index (χ1) is 14.9. The van der Waals surface area contributed by atoms with Crippen LogP contribution in [0.1, 0.15) is 67.3 Å². The molecule has 0 radical (unpaired) electrons. The van der Waals surface area contributed by atoms with E-state index in [1.807, 2.05) is 0 Å². The summed E-state index contributed by atoms with van der Waals surface area (Å²) in [4.78, 5) is 61.4. The van der Waals surface area contributed by atoms with Crippen molar-refractivity contribution in [3.63, 3.8) is 0 Å². The van der Waals surface area contributed by atoms with E-state index in [1.165, 1.54) is 4.90 Å². The van der Waals surface area contributed by atoms with Crippen molar-refractivity contribution in [1.82, 2.24) is 15.5 Å². The molecule has 2 heterocycles. The van der Waals surface area contributed by atoms with Crippen molar-refractivity contribution in [1.29, 1.82) is 0 Å². The van der Waals surface area contributed by atoms with E-state index in [-0.39, 0.29) is 36.6 Å². The first kappa shape index (κ1) is 22.5. The molecule has 2 aliphatic rings. The highest BCUT2D eigenvalue weighted by Crippen LogP contribution is 2.32. The Morgan fingerprint density at radius 1 is 1.06 bits per heavy atom. The normalized spacial score (nSPS) is 17.9. The molecule has 0 saturated carbocycles. The van der Waals surface area contributed by atoms with Crippen LogP contribution in [0.25, 0.3) is 0 Å². The molecule has 3 rings (SSSR count). The minimum absolute atomic E-state index is 0.0246. The van der Waals surface area contributed by atoms with E-state index in [2.05, 4.69) is 16.0 Å². The Balaban J connectivity index is 1.53. The predicted octanol–water partition coefficient (Wildman–Crippen LogP) is 1.47. The number of unbranched alkanes of at least 4 members (excludes halogenated alkanes) is 3. The maximum Gasteiger partial charge on any atom is 0.255 e. The molecule has 2 aliphatic heterocycles. The van der Waals surface area contributed by atoms with Crippen LogP contribution < -0.4 is 16.0 Å². The van der Waals surface area contributed by atoms with Gasteiger partial charge in [-0.3, -0.25) is 29.3 Å². The van der Waals surface area contributed by atoms with Gasteiger partial charge >= 0.3 is 0 Å². The Bertz CT molecular complexity index is 898. The molecule has 31 heavy (non-hydrogen) atoms. The molecule has 0 aromatic heterocycles. The molecule has 9 nitrogen and oxygen atoms in total. The SMILES string of the molecule is CNC(=O)CCCCCCC(=O)Nc1cccc2c1CN(C1CCC(=O)NC1=O)C2=O. The Labute approximate surface area is 180 Å². The Morgan fingerprint density at radius 2 is 1.77 bits per heavy atom. The molecule has 9 heteroatoms. The van der Waals surface area contributed by atoms with Crippen LogP contribution in [0.3, 0.4) is 0 Å². The summed E-state index contributed by atoms with van der Waals surface area (Å²) in [5.74, 6) is -1.16. The van der Waals surface area contributed by atoms with Gasteiger partial charge in [0.05, 0.1) is 0 Å². The second kappa shape index (κ2) is 10.2. The average molecular weight is 428 g/mol. The standard InChI is InChI=1S/C22H28N4O5/c1-23-18(27)9-4-2-3-5-10-19(28)24-16-8-6-7-14-15(16)13-26(22(14)31)17-11-12-20(29)25-21(17)30/h6-8,17H,2-5,9-13H2,1H3,(H,23,27)(H,24,28)(H,25,29,30). The summed E-state index contributed by atoms with van der Waals surface area (Å²) in [6, 6.07) is 4.46. The molecule has 3 N–H and O–H groups in total. The number of carbonyl (C=O) groups is 5. The second-order valence-electron chi connectivity index (χ2n) is 7.87. The molecule has 5 amide bonds. The van der Waals surface area contributed by atoms with Gasteiger partial charge in [0.1, 0.15) is 6.04 Å². The summed E-state index contributed by atoms with van der Waals surface area (Å²) in [5, 5.41) is 7.76. The highest BCUT2D eigenvalue weighted by atomic mass is 16.2. The molecule has 1 saturated heterocycles. The number of hydrogen-bond donors (Lipinski definition) is 3. The van der Waals surface area contributed by atoms with Crippen molar-refractivity contribution in [2.75, 3.05) is 12.4 Å². The number of amides is 5. The summed E-state index contributed by atoms with van der Waals surface area (Å²) in [5.41, 5.74) is 1.73. The summed E-state index contributed by atoms with van der Waals surface area (Å²) in [6.07, 6.45) is 4.61. The number of benzene rings is 1. The molecular weight excluding hydrogens is 400 g/mol. The zero-order valence-electron chi connectivity index (χ0n) is 17.7. The van der Waals surface area contributed by atoms with Gasteiger partial charge < -0.3 is 15.5 Å². The lowest BCUT2D eigenvalue weighted by Crippen LogP contribution is -2.52. The minimum atomic E-state index is -0.684. The molecule has 1 atom stereocenters. The molecule has 166 valence electrons. The first-order valence-electron chi connectivity index (χ1n) is 10.7. The summed E-state index contributed by atoms with van der Waals surface area (Å²) >= 11 is 0. The molecule has 1 aromatic carbocycles. The lowest BCUT2D eigenvalue weighted by atomic mass is 10.0. The number of imide groups is 1. The smallest absolute Gasteiger partial charge is 0.255 e. The number of piperidine rings is 1. The van der Waals surface area contributed by atoms with Gasteiger partial charge in [0.2, 0.25) is 23.6 Å². The van der Waals surface area contributed by atoms with Crippen LogP contribution in [0.5, 0.6) is 0 Å². The van der Waals surface area contributed by atoms with Crippen molar-refractivity contribution in [3.8, 4) is 0 Å². The van der Waals surface area contributed by atoms with Crippen molar-refractivity contribution in [2.24, 2.45) is 0 Å². The van der Waals surface area contributed by atoms with Crippen LogP contribution in [0.4, 0.5) is 5.69 Å². The molecule has 1 fully saturated rings. The number of anilines is 1. The highest BCUT2D eigenvalue weighted by Gasteiger charge is 2.39. The quantitative estimate of drug-likeness (QED) is 0.406. The lowest BCUT2D eigenvalue weighted by molar-refractivity contribution is -0.137. The lowest BCUT2D eigenvalue weighted by Gasteiger charge is -2.29. The van der Waals surface area contributed by atoms with Gasteiger partial charge in [0.25, 0.3) is 5.91 Å². The van der Waals surface area contributed by atoms with Crippen LogP contribution in [0.2, 0.25) is 0 Å². The van der Waals surface area contributed by atoms with E-state index in [4.69, 9.17) is 0 Å². The number of rotatable bonds is 9. The zero-order valence-corrected chi connectivity index (χ0v) is 17.7. The zero-order chi connectivity index (χ0) is 22.4. The second-order valence-corrected chi connectivity index (χ2v) is 7.87. The fraction of sp³-hybridized carbons (Fsp3) is 0.500. The van der Waals surface area contributed by atoms with E-state index in [1.54, 1.807) is 25.2 Å². The molecule has 0 aliphatic carbocycles. The number of fused-ring (bicyclic) bond motifs is 1. The monoisotopic (exact) mass is 428 g/mol. The third-order valence-electron chi connectivity index (χ3n) is 5.69. The summed E-state index contributed by atoms with van der Waals surface area (Å²) < 4.78 is 0. The third-order valence-corrected chi connectivity index (χ3v) is 5.69. The van der Waals surface area contributed by atoms with Gasteiger partial charge in [-0.05, 0) is 31.4 Å². The Morgan fingerprint density at radius 3 is 2.45 bits per heavy atom. The minimum Gasteiger partial charge on any atom is -0.359 e. The summed E-state index contributed by atoms with van der Waals surface area (Å²) in [7, 11) is 1.62. The summed E-state index contributed by atoms with van der Waals surface area (Å²) in [6.45, 7) is 0.219. The van der Waals surface area contributed by atoms with E-state index in [0.717, 1.165) is 25.7 Å². The largest absolute Gasteiger partial charge is 0.359 e. The molecule has 1 unspecified atom stereocenters. The van der Waals surface area contributed by atoms with Gasteiger partial charge in [-0.25, -0.2) is 0 Å². The molecule has 1 aromatic rings. The van der Waals surface area contributed by atoms with Crippen molar-refractivity contribution < 1.29 is 24.0 Å². The van der Waals surface area contributed by atoms with Gasteiger partial charge in [0, 0.05) is 49.7 Å². The van der Waals surface area contributed by atoms with Crippen molar-refractivity contribution in [3.05, 3.63) is 29.3 Å². The average Bonchev–Trinajstić information content (AvgIpc) is 3.08. The van der Waals surface area contributed by atoms with E-state index in [9.17, 15) is 24.0 Å². The van der Waals surface area contributed by atoms with Gasteiger partial charge in [-0.1, -0.05) is 18.9 Å². The number of carbonyl (C=O) groups excluding carboxylic acids is 5. The van der Waals surface area contributed by atoms with E-state index in [0.29, 0.717) is 36.1 Å². The van der Waals surface area contributed by atoms with Gasteiger partial charge in [-0.15, -0.1) is 0 Å². The van der Waals surface area contributed by atoms with Crippen LogP contribution in [0, 0.1) is 0 Å². The Kier molecular flexibility index (Phi) is 7.38. The predicted molar refractivity (Wildman–Crippen MR) is 113 cm³/mol. The molecular formula is C22H28N4O5. The number of nitrogens with one attached hydrogen (secondary N) is 3. The van der Waals surface area contributed by atoms with E-state index >= 15 is 0 Å². The van der Waals surface area contributed by atoms with Gasteiger partial charge in [-0.2, -0.15) is 0 Å². The highest BCUT2D eigenvalue weighted by molar-refractivity contribution is 6.06. The number of hydrogen-bond acceptors (Lipinski definition) is 5. The van der Waals surface area contributed by atoms with Gasteiger partial charge in [0.15, 0.2) is 0 Å². The van der Waals surface area contributed by atoms with Crippen LogP contribution in [0.15, 0.2) is 18.2 Å². The Hall–Kier alpha value is -3.23. The first-order valence-corrected chi connectivity index (χ1v) is 10.7. The van der Waals surface area contributed by atoms with Crippen molar-refractivity contribution >= 4 is 35.2 Å². The van der Waals surface area contributed by atoms with Crippen LogP contribution in [-0.4, -0.2) is 47.5 Å². The molecule has 0 bridgehead atoms. The topological polar surface area (TPSA) is 125 Å². The fourth-order valence-corrected chi connectivity index (χ4v) is 3.97. The van der Waals surface area contributed by atoms with E-state index < -0.39 is 11.9 Å². The maximum atomic E-state index is 12.8. The van der Waals surface area contributed by atoms with Crippen LogP contribution >= 0.6 is 0 Å². The van der Waals surface area contributed by atoms with Crippen molar-refractivity contribution in [2.45, 2.75) is 64.0 Å². The van der Waals surface area contributed by atoms with Crippen LogP contribution in [-0.2, 0) is 25.7 Å². The fourth-order valence-electron chi connectivity index (χ4n) is 3.97. The number of nitrogens with zero attached hydrogens (tertiary/aromatic N) is 1. The molecule has 0 spiro atoms. The maximum absolute atomic E-state index is 12.8.